The summed E-state index contributed by atoms with van der Waals surface area (Å²) in [4.78, 5) is 9.36. The number of rotatable bonds is 5. The number of nitrogens with zero attached hydrogens (tertiary/aromatic N) is 3. The van der Waals surface area contributed by atoms with Crippen molar-refractivity contribution in [3.05, 3.63) is 28.7 Å². The van der Waals surface area contributed by atoms with E-state index in [0.717, 1.165) is 62.6 Å². The molecule has 2 heterocycles. The molecule has 0 radical (unpaired) electrons. The molecule has 152 valence electrons. The van der Waals surface area contributed by atoms with Gasteiger partial charge < -0.3 is 19.9 Å². The molecule has 2 aliphatic rings. The van der Waals surface area contributed by atoms with Crippen molar-refractivity contribution in [1.82, 2.24) is 10.2 Å². The highest BCUT2D eigenvalue weighted by Crippen LogP contribution is 2.25. The molecule has 1 unspecified atom stereocenters. The summed E-state index contributed by atoms with van der Waals surface area (Å²) in [5, 5.41) is 3.61. The lowest BCUT2D eigenvalue weighted by atomic mass is 10.1. The molecule has 0 amide bonds. The first kappa shape index (κ1) is 22.7. The van der Waals surface area contributed by atoms with Gasteiger partial charge in [-0.25, -0.2) is 0 Å². The number of nitrogens with one attached hydrogen (secondary N) is 1. The number of guanidine groups is 1. The van der Waals surface area contributed by atoms with Crippen LogP contribution in [0.2, 0.25) is 0 Å². The Morgan fingerprint density at radius 2 is 1.89 bits per heavy atom. The van der Waals surface area contributed by atoms with E-state index in [0.29, 0.717) is 12.0 Å². The zero-order chi connectivity index (χ0) is 18.4. The van der Waals surface area contributed by atoms with Gasteiger partial charge in [0.2, 0.25) is 0 Å². The van der Waals surface area contributed by atoms with Crippen LogP contribution in [0.25, 0.3) is 0 Å². The first-order valence-electron chi connectivity index (χ1n) is 9.77. The summed E-state index contributed by atoms with van der Waals surface area (Å²) >= 11 is 3.51. The average Bonchev–Trinajstić information content (AvgIpc) is 3.13. The number of likely N-dealkylation sites (tertiary alicyclic amines) is 1. The molecular formula is C20H32BrIN4O. The molecule has 2 aliphatic heterocycles. The van der Waals surface area contributed by atoms with Crippen LogP contribution in [-0.4, -0.2) is 63.3 Å². The summed E-state index contributed by atoms with van der Waals surface area (Å²) in [6, 6.07) is 8.63. The van der Waals surface area contributed by atoms with Crippen LogP contribution in [0.3, 0.4) is 0 Å². The predicted molar refractivity (Wildman–Crippen MR) is 127 cm³/mol. The van der Waals surface area contributed by atoms with Crippen molar-refractivity contribution in [3.8, 4) is 0 Å². The first-order chi connectivity index (χ1) is 12.7. The third-order valence-corrected chi connectivity index (χ3v) is 5.91. The van der Waals surface area contributed by atoms with Crippen molar-refractivity contribution < 1.29 is 4.74 Å². The summed E-state index contributed by atoms with van der Waals surface area (Å²) in [5.74, 6) is 1.71. The zero-order valence-corrected chi connectivity index (χ0v) is 20.3. The van der Waals surface area contributed by atoms with Crippen molar-refractivity contribution in [1.29, 1.82) is 0 Å². The Bertz CT molecular complexity index is 590. The van der Waals surface area contributed by atoms with Crippen LogP contribution in [0.15, 0.2) is 33.7 Å². The van der Waals surface area contributed by atoms with Crippen LogP contribution < -0.4 is 10.2 Å². The molecule has 0 spiro atoms. The summed E-state index contributed by atoms with van der Waals surface area (Å²) < 4.78 is 6.89. The molecule has 0 saturated carbocycles. The molecule has 0 aromatic heterocycles. The second-order valence-electron chi connectivity index (χ2n) is 7.15. The van der Waals surface area contributed by atoms with Gasteiger partial charge in [-0.3, -0.25) is 4.99 Å². The van der Waals surface area contributed by atoms with Crippen molar-refractivity contribution >= 4 is 51.6 Å². The number of halogens is 2. The lowest BCUT2D eigenvalue weighted by Crippen LogP contribution is -2.48. The van der Waals surface area contributed by atoms with Gasteiger partial charge in [-0.2, -0.15) is 0 Å². The monoisotopic (exact) mass is 550 g/mol. The highest BCUT2D eigenvalue weighted by atomic mass is 127. The summed E-state index contributed by atoms with van der Waals surface area (Å²) in [5.41, 5.74) is 1.32. The fraction of sp³-hybridized carbons (Fsp3) is 0.650. The number of hydrogen-bond donors (Lipinski definition) is 1. The minimum atomic E-state index is 0. The standard InChI is InChI=1S/C20H31BrN4O.HI/c1-3-26-19-9-12-24(13-10-19)20(22-2)23-14-16-8-11-25(15-16)18-6-4-17(21)5-7-18;/h4-7,16,19H,3,8-15H2,1-2H3,(H,22,23);1H. The van der Waals surface area contributed by atoms with Crippen molar-refractivity contribution in [2.24, 2.45) is 10.9 Å². The maximum atomic E-state index is 5.75. The molecule has 0 bridgehead atoms. The quantitative estimate of drug-likeness (QED) is 0.342. The maximum Gasteiger partial charge on any atom is 0.193 e. The van der Waals surface area contributed by atoms with E-state index in [4.69, 9.17) is 4.74 Å². The Kier molecular flexibility index (Phi) is 9.65. The van der Waals surface area contributed by atoms with E-state index >= 15 is 0 Å². The SMILES string of the molecule is CCOC1CCN(C(=NC)NCC2CCN(c3ccc(Br)cc3)C2)CC1.I. The molecule has 1 aromatic carbocycles. The Morgan fingerprint density at radius 3 is 2.52 bits per heavy atom. The molecule has 1 atom stereocenters. The lowest BCUT2D eigenvalue weighted by Gasteiger charge is -2.34. The van der Waals surface area contributed by atoms with Gasteiger partial charge in [0.25, 0.3) is 0 Å². The van der Waals surface area contributed by atoms with Gasteiger partial charge in [0.1, 0.15) is 0 Å². The minimum Gasteiger partial charge on any atom is -0.378 e. The van der Waals surface area contributed by atoms with Crippen LogP contribution in [0.5, 0.6) is 0 Å². The topological polar surface area (TPSA) is 40.1 Å². The van der Waals surface area contributed by atoms with Crippen molar-refractivity contribution in [2.45, 2.75) is 32.3 Å². The third-order valence-electron chi connectivity index (χ3n) is 5.38. The largest absolute Gasteiger partial charge is 0.378 e. The van der Waals surface area contributed by atoms with E-state index in [2.05, 4.69) is 67.2 Å². The van der Waals surface area contributed by atoms with Gasteiger partial charge in [-0.15, -0.1) is 24.0 Å². The number of hydrogen-bond acceptors (Lipinski definition) is 3. The van der Waals surface area contributed by atoms with Gasteiger partial charge in [-0.05, 0) is 56.4 Å². The smallest absolute Gasteiger partial charge is 0.193 e. The van der Waals surface area contributed by atoms with E-state index in [9.17, 15) is 0 Å². The van der Waals surface area contributed by atoms with E-state index in [1.165, 1.54) is 12.1 Å². The highest BCUT2D eigenvalue weighted by molar-refractivity contribution is 14.0. The summed E-state index contributed by atoms with van der Waals surface area (Å²) in [6.07, 6.45) is 3.83. The predicted octanol–water partition coefficient (Wildman–Crippen LogP) is 3.97. The molecular weight excluding hydrogens is 519 g/mol. The molecule has 1 N–H and O–H groups in total. The number of ether oxygens (including phenoxy) is 1. The van der Waals surface area contributed by atoms with Gasteiger partial charge in [0.15, 0.2) is 5.96 Å². The summed E-state index contributed by atoms with van der Waals surface area (Å²) in [6.45, 7) is 8.18. The molecule has 5 nitrogen and oxygen atoms in total. The molecule has 1 aromatic rings. The van der Waals surface area contributed by atoms with Crippen molar-refractivity contribution in [2.75, 3.05) is 51.3 Å². The fourth-order valence-corrected chi connectivity index (χ4v) is 4.19. The number of benzene rings is 1. The summed E-state index contributed by atoms with van der Waals surface area (Å²) in [7, 11) is 1.89. The van der Waals surface area contributed by atoms with E-state index in [1.807, 2.05) is 7.05 Å². The fourth-order valence-electron chi connectivity index (χ4n) is 3.92. The van der Waals surface area contributed by atoms with Crippen LogP contribution >= 0.6 is 39.9 Å². The lowest BCUT2D eigenvalue weighted by molar-refractivity contribution is 0.0263. The maximum absolute atomic E-state index is 5.75. The van der Waals surface area contributed by atoms with Gasteiger partial charge >= 0.3 is 0 Å². The highest BCUT2D eigenvalue weighted by Gasteiger charge is 2.25. The second kappa shape index (κ2) is 11.5. The van der Waals surface area contributed by atoms with Gasteiger partial charge in [0, 0.05) is 56.5 Å². The Balaban J connectivity index is 0.00000261. The molecule has 2 fully saturated rings. The number of piperidine rings is 1. The Morgan fingerprint density at radius 1 is 1.19 bits per heavy atom. The molecule has 3 rings (SSSR count). The third kappa shape index (κ3) is 6.49. The van der Waals surface area contributed by atoms with E-state index < -0.39 is 0 Å². The number of anilines is 1. The van der Waals surface area contributed by atoms with Crippen LogP contribution in [0.1, 0.15) is 26.2 Å². The normalized spacial score (nSPS) is 21.3. The molecule has 2 saturated heterocycles. The van der Waals surface area contributed by atoms with Crippen LogP contribution in [0.4, 0.5) is 5.69 Å². The minimum absolute atomic E-state index is 0. The van der Waals surface area contributed by atoms with Gasteiger partial charge in [-0.1, -0.05) is 15.9 Å². The first-order valence-corrected chi connectivity index (χ1v) is 10.6. The Labute approximate surface area is 189 Å². The molecule has 0 aliphatic carbocycles. The van der Waals surface area contributed by atoms with E-state index in [1.54, 1.807) is 0 Å². The zero-order valence-electron chi connectivity index (χ0n) is 16.4. The molecule has 7 heteroatoms. The Hall–Kier alpha value is -0.540. The van der Waals surface area contributed by atoms with Gasteiger partial charge in [0.05, 0.1) is 6.10 Å². The second-order valence-corrected chi connectivity index (χ2v) is 8.06. The molecule has 27 heavy (non-hydrogen) atoms. The van der Waals surface area contributed by atoms with Crippen LogP contribution in [-0.2, 0) is 4.74 Å². The van der Waals surface area contributed by atoms with E-state index in [-0.39, 0.29) is 24.0 Å². The van der Waals surface area contributed by atoms with Crippen molar-refractivity contribution in [3.63, 3.8) is 0 Å². The van der Waals surface area contributed by atoms with Crippen LogP contribution in [0, 0.1) is 5.92 Å². The average molecular weight is 551 g/mol. The number of aliphatic imine (C=N–C) groups is 1.